The number of hydrogen-bond donors (Lipinski definition) is 2. The van der Waals surface area contributed by atoms with Gasteiger partial charge in [0.15, 0.2) is 11.0 Å². The Bertz CT molecular complexity index is 1110. The van der Waals surface area contributed by atoms with Crippen LogP contribution in [-0.4, -0.2) is 29.7 Å². The molecule has 0 saturated carbocycles. The van der Waals surface area contributed by atoms with Gasteiger partial charge in [0.2, 0.25) is 11.9 Å². The Morgan fingerprint density at radius 1 is 0.966 bits per heavy atom. The van der Waals surface area contributed by atoms with Gasteiger partial charge in [0.1, 0.15) is 5.82 Å². The van der Waals surface area contributed by atoms with Crippen LogP contribution in [0.3, 0.4) is 0 Å². The lowest BCUT2D eigenvalue weighted by atomic mass is 10.2. The second kappa shape index (κ2) is 8.27. The van der Waals surface area contributed by atoms with E-state index >= 15 is 0 Å². The molecular formula is C20H20N8S. The Morgan fingerprint density at radius 2 is 1.72 bits per heavy atom. The number of rotatable bonds is 6. The van der Waals surface area contributed by atoms with E-state index in [-0.39, 0.29) is 5.95 Å². The molecule has 146 valence electrons. The first-order chi connectivity index (χ1) is 14.1. The first-order valence-corrected chi connectivity index (χ1v) is 9.99. The maximum Gasteiger partial charge on any atom is 0.232 e. The van der Waals surface area contributed by atoms with Crippen molar-refractivity contribution in [1.82, 2.24) is 29.7 Å². The number of nitrogen functional groups attached to an aromatic ring is 1. The molecule has 0 aliphatic carbocycles. The van der Waals surface area contributed by atoms with Crippen LogP contribution in [0.1, 0.15) is 11.4 Å². The summed E-state index contributed by atoms with van der Waals surface area (Å²) in [6.07, 6.45) is 0. The molecule has 0 radical (unpaired) electrons. The van der Waals surface area contributed by atoms with Crippen molar-refractivity contribution < 1.29 is 0 Å². The average Bonchev–Trinajstić information content (AvgIpc) is 3.09. The summed E-state index contributed by atoms with van der Waals surface area (Å²) in [5, 5.41) is 12.5. The Labute approximate surface area is 172 Å². The largest absolute Gasteiger partial charge is 0.368 e. The molecule has 3 N–H and O–H groups in total. The first-order valence-electron chi connectivity index (χ1n) is 9.00. The van der Waals surface area contributed by atoms with Crippen molar-refractivity contribution in [2.75, 3.05) is 11.1 Å². The molecule has 0 saturated heterocycles. The first kappa shape index (κ1) is 18.9. The summed E-state index contributed by atoms with van der Waals surface area (Å²) in [5.74, 6) is 2.47. The fraction of sp³-hybridized carbons (Fsp3) is 0.150. The van der Waals surface area contributed by atoms with Crippen LogP contribution in [0.25, 0.3) is 11.4 Å². The molecule has 0 aliphatic rings. The van der Waals surface area contributed by atoms with E-state index in [9.17, 15) is 0 Å². The highest BCUT2D eigenvalue weighted by Gasteiger charge is 2.13. The number of aromatic nitrogens is 6. The van der Waals surface area contributed by atoms with E-state index in [1.165, 1.54) is 17.3 Å². The smallest absolute Gasteiger partial charge is 0.232 e. The monoisotopic (exact) mass is 404 g/mol. The van der Waals surface area contributed by atoms with Crippen LogP contribution in [-0.2, 0) is 12.8 Å². The summed E-state index contributed by atoms with van der Waals surface area (Å²) >= 11 is 1.49. The highest BCUT2D eigenvalue weighted by molar-refractivity contribution is 7.98. The molecule has 2 aromatic heterocycles. The predicted molar refractivity (Wildman–Crippen MR) is 115 cm³/mol. The second-order valence-electron chi connectivity index (χ2n) is 6.44. The van der Waals surface area contributed by atoms with E-state index in [0.29, 0.717) is 17.5 Å². The molecule has 0 atom stereocenters. The number of nitrogens with one attached hydrogen (secondary N) is 1. The molecule has 4 rings (SSSR count). The molecule has 0 fully saturated rings. The number of anilines is 3. The molecule has 2 aromatic carbocycles. The lowest BCUT2D eigenvalue weighted by Crippen LogP contribution is -2.06. The summed E-state index contributed by atoms with van der Waals surface area (Å²) in [4.78, 5) is 12.9. The van der Waals surface area contributed by atoms with Crippen molar-refractivity contribution in [3.05, 3.63) is 66.0 Å². The minimum Gasteiger partial charge on any atom is -0.368 e. The van der Waals surface area contributed by atoms with Gasteiger partial charge in [0.25, 0.3) is 0 Å². The third-order valence-corrected chi connectivity index (χ3v) is 5.22. The van der Waals surface area contributed by atoms with E-state index < -0.39 is 0 Å². The summed E-state index contributed by atoms with van der Waals surface area (Å²) in [5.41, 5.74) is 8.96. The molecule has 0 aliphatic heterocycles. The van der Waals surface area contributed by atoms with Crippen molar-refractivity contribution in [2.24, 2.45) is 7.05 Å². The third-order valence-electron chi connectivity index (χ3n) is 4.20. The summed E-state index contributed by atoms with van der Waals surface area (Å²) in [7, 11) is 1.94. The van der Waals surface area contributed by atoms with E-state index in [4.69, 9.17) is 5.73 Å². The highest BCUT2D eigenvalue weighted by Crippen LogP contribution is 2.25. The molecular weight excluding hydrogens is 384 g/mol. The number of hydrogen-bond acceptors (Lipinski definition) is 8. The predicted octanol–water partition coefficient (Wildman–Crippen LogP) is 3.59. The topological polar surface area (TPSA) is 107 Å². The molecule has 4 aromatic rings. The van der Waals surface area contributed by atoms with Gasteiger partial charge in [-0.25, -0.2) is 0 Å². The molecule has 9 heteroatoms. The number of thioether (sulfide) groups is 1. The lowest BCUT2D eigenvalue weighted by Gasteiger charge is -2.08. The second-order valence-corrected chi connectivity index (χ2v) is 7.39. The van der Waals surface area contributed by atoms with Gasteiger partial charge in [-0.2, -0.15) is 15.0 Å². The number of benzene rings is 2. The van der Waals surface area contributed by atoms with E-state index in [2.05, 4.69) is 30.5 Å². The molecule has 0 bridgehead atoms. The van der Waals surface area contributed by atoms with Gasteiger partial charge >= 0.3 is 0 Å². The minimum absolute atomic E-state index is 0.174. The molecule has 0 amide bonds. The van der Waals surface area contributed by atoms with Crippen molar-refractivity contribution in [2.45, 2.75) is 17.8 Å². The van der Waals surface area contributed by atoms with Crippen LogP contribution >= 0.6 is 11.8 Å². The molecule has 0 spiro atoms. The van der Waals surface area contributed by atoms with E-state index in [1.807, 2.05) is 73.1 Å². The number of nitrogens with zero attached hydrogens (tertiary/aromatic N) is 6. The van der Waals surface area contributed by atoms with Crippen molar-refractivity contribution in [3.8, 4) is 11.4 Å². The van der Waals surface area contributed by atoms with Gasteiger partial charge < -0.3 is 15.6 Å². The minimum atomic E-state index is 0.174. The van der Waals surface area contributed by atoms with Gasteiger partial charge in [-0.3, -0.25) is 0 Å². The highest BCUT2D eigenvalue weighted by atomic mass is 32.2. The van der Waals surface area contributed by atoms with Crippen LogP contribution in [0.2, 0.25) is 0 Å². The van der Waals surface area contributed by atoms with Crippen LogP contribution < -0.4 is 11.1 Å². The molecule has 29 heavy (non-hydrogen) atoms. The zero-order valence-corrected chi connectivity index (χ0v) is 16.9. The van der Waals surface area contributed by atoms with Crippen LogP contribution in [0, 0.1) is 6.92 Å². The van der Waals surface area contributed by atoms with Crippen LogP contribution in [0.15, 0.2) is 59.8 Å². The standard InChI is InChI=1S/C20H20N8S/c1-13-8-10-15(11-9-13)22-19-24-16(23-18(21)25-19)12-29-20-27-26-17(28(20)2)14-6-4-3-5-7-14/h3-11H,12H2,1-2H3,(H3,21,22,23,24,25). The number of nitrogens with two attached hydrogens (primary N) is 1. The van der Waals surface area contributed by atoms with Gasteiger partial charge in [-0.1, -0.05) is 59.8 Å². The normalized spacial score (nSPS) is 10.8. The van der Waals surface area contributed by atoms with Gasteiger partial charge in [0.05, 0.1) is 5.75 Å². The number of aryl methyl sites for hydroxylation is 1. The fourth-order valence-electron chi connectivity index (χ4n) is 2.73. The summed E-state index contributed by atoms with van der Waals surface area (Å²) in [6.45, 7) is 2.04. The van der Waals surface area contributed by atoms with Gasteiger partial charge in [0, 0.05) is 18.3 Å². The Balaban J connectivity index is 1.48. The summed E-state index contributed by atoms with van der Waals surface area (Å²) in [6, 6.07) is 17.9. The fourth-order valence-corrected chi connectivity index (χ4v) is 3.50. The Hall–Kier alpha value is -3.46. The van der Waals surface area contributed by atoms with Gasteiger partial charge in [-0.05, 0) is 19.1 Å². The van der Waals surface area contributed by atoms with E-state index in [0.717, 1.165) is 22.2 Å². The Morgan fingerprint density at radius 3 is 2.48 bits per heavy atom. The zero-order valence-electron chi connectivity index (χ0n) is 16.1. The van der Waals surface area contributed by atoms with Gasteiger partial charge in [-0.15, -0.1) is 10.2 Å². The zero-order chi connectivity index (χ0) is 20.2. The average molecular weight is 405 g/mol. The molecule has 8 nitrogen and oxygen atoms in total. The lowest BCUT2D eigenvalue weighted by molar-refractivity contribution is 0.792. The third kappa shape index (κ3) is 4.52. The maximum absolute atomic E-state index is 5.87. The van der Waals surface area contributed by atoms with Crippen molar-refractivity contribution in [1.29, 1.82) is 0 Å². The SMILES string of the molecule is Cc1ccc(Nc2nc(N)nc(CSc3nnc(-c4ccccc4)n3C)n2)cc1. The van der Waals surface area contributed by atoms with Crippen LogP contribution in [0.4, 0.5) is 17.6 Å². The summed E-state index contributed by atoms with van der Waals surface area (Å²) < 4.78 is 1.95. The molecule has 0 unspecified atom stereocenters. The van der Waals surface area contributed by atoms with E-state index in [1.54, 1.807) is 0 Å². The quantitative estimate of drug-likeness (QED) is 0.470. The van der Waals surface area contributed by atoms with Crippen molar-refractivity contribution >= 4 is 29.3 Å². The van der Waals surface area contributed by atoms with Crippen LogP contribution in [0.5, 0.6) is 0 Å². The van der Waals surface area contributed by atoms with Crippen molar-refractivity contribution in [3.63, 3.8) is 0 Å². The maximum atomic E-state index is 5.87. The molecule has 2 heterocycles. The Kier molecular flexibility index (Phi) is 5.39.